The van der Waals surface area contributed by atoms with Crippen LogP contribution in [0.3, 0.4) is 0 Å². The van der Waals surface area contributed by atoms with Crippen molar-refractivity contribution in [1.82, 2.24) is 20.4 Å². The predicted molar refractivity (Wildman–Crippen MR) is 113 cm³/mol. The van der Waals surface area contributed by atoms with E-state index in [1.54, 1.807) is 0 Å². The van der Waals surface area contributed by atoms with E-state index in [2.05, 4.69) is 53.8 Å². The fourth-order valence-electron chi connectivity index (χ4n) is 3.59. The molecule has 1 aliphatic heterocycles. The third-order valence-electron chi connectivity index (χ3n) is 5.09. The standard InChI is InChI=1S/C22H33N5O/c1-3-23-22(24-12-5-14-27-15-6-13-26-27)25-17-20-7-4-16-28-21(20)19-10-8-18(2)9-11-19/h6,8-11,13,15,20-21H,3-5,7,12,14,16-17H2,1-2H3,(H2,23,24,25). The fraction of sp³-hybridized carbons (Fsp3) is 0.545. The first kappa shape index (κ1) is 20.4. The summed E-state index contributed by atoms with van der Waals surface area (Å²) in [6, 6.07) is 10.7. The number of nitrogens with zero attached hydrogens (tertiary/aromatic N) is 3. The first-order valence-corrected chi connectivity index (χ1v) is 10.4. The maximum atomic E-state index is 6.13. The number of nitrogens with one attached hydrogen (secondary N) is 2. The van der Waals surface area contributed by atoms with Gasteiger partial charge in [0.15, 0.2) is 5.96 Å². The Hall–Kier alpha value is -2.34. The summed E-state index contributed by atoms with van der Waals surface area (Å²) in [6.07, 6.45) is 7.21. The molecule has 0 bridgehead atoms. The molecule has 1 saturated heterocycles. The Morgan fingerprint density at radius 2 is 2.14 bits per heavy atom. The third-order valence-corrected chi connectivity index (χ3v) is 5.09. The molecular weight excluding hydrogens is 350 g/mol. The summed E-state index contributed by atoms with van der Waals surface area (Å²) in [5.41, 5.74) is 2.55. The van der Waals surface area contributed by atoms with Gasteiger partial charge in [-0.2, -0.15) is 5.10 Å². The van der Waals surface area contributed by atoms with Crippen LogP contribution in [0, 0.1) is 12.8 Å². The Morgan fingerprint density at radius 1 is 1.29 bits per heavy atom. The Balaban J connectivity index is 1.54. The quantitative estimate of drug-likeness (QED) is 0.417. The van der Waals surface area contributed by atoms with Crippen LogP contribution in [0.1, 0.15) is 43.4 Å². The largest absolute Gasteiger partial charge is 0.373 e. The van der Waals surface area contributed by atoms with E-state index >= 15 is 0 Å². The summed E-state index contributed by atoms with van der Waals surface area (Å²) >= 11 is 0. The number of hydrogen-bond donors (Lipinski definition) is 2. The maximum Gasteiger partial charge on any atom is 0.191 e. The van der Waals surface area contributed by atoms with Crippen molar-refractivity contribution in [3.63, 3.8) is 0 Å². The van der Waals surface area contributed by atoms with Crippen LogP contribution in [0.5, 0.6) is 0 Å². The van der Waals surface area contributed by atoms with Crippen LogP contribution >= 0.6 is 0 Å². The molecule has 1 aliphatic rings. The van der Waals surface area contributed by atoms with Crippen LogP contribution in [-0.2, 0) is 11.3 Å². The molecule has 2 heterocycles. The molecule has 152 valence electrons. The van der Waals surface area contributed by atoms with Gasteiger partial charge in [-0.15, -0.1) is 0 Å². The zero-order valence-electron chi connectivity index (χ0n) is 17.1. The fourth-order valence-corrected chi connectivity index (χ4v) is 3.59. The molecule has 2 aromatic rings. The van der Waals surface area contributed by atoms with Gasteiger partial charge in [0.1, 0.15) is 0 Å². The van der Waals surface area contributed by atoms with Crippen molar-refractivity contribution in [1.29, 1.82) is 0 Å². The first-order valence-electron chi connectivity index (χ1n) is 10.4. The number of aryl methyl sites for hydroxylation is 2. The van der Waals surface area contributed by atoms with Gasteiger partial charge in [-0.3, -0.25) is 9.67 Å². The van der Waals surface area contributed by atoms with Gasteiger partial charge in [0, 0.05) is 51.1 Å². The Bertz CT molecular complexity index is 711. The molecule has 28 heavy (non-hydrogen) atoms. The predicted octanol–water partition coefficient (Wildman–Crippen LogP) is 3.30. The number of rotatable bonds is 8. The molecule has 2 N–H and O–H groups in total. The summed E-state index contributed by atoms with van der Waals surface area (Å²) in [5, 5.41) is 11.0. The van der Waals surface area contributed by atoms with E-state index in [1.165, 1.54) is 11.1 Å². The van der Waals surface area contributed by atoms with Crippen LogP contribution in [0.4, 0.5) is 0 Å². The zero-order valence-corrected chi connectivity index (χ0v) is 17.1. The second-order valence-corrected chi connectivity index (χ2v) is 7.37. The van der Waals surface area contributed by atoms with Crippen LogP contribution in [0.25, 0.3) is 0 Å². The molecular formula is C22H33N5O. The van der Waals surface area contributed by atoms with Gasteiger partial charge >= 0.3 is 0 Å². The van der Waals surface area contributed by atoms with E-state index in [4.69, 9.17) is 9.73 Å². The first-order chi connectivity index (χ1) is 13.8. The Kier molecular flexibility index (Phi) is 7.91. The summed E-state index contributed by atoms with van der Waals surface area (Å²) in [5.74, 6) is 1.30. The van der Waals surface area contributed by atoms with Gasteiger partial charge in [-0.1, -0.05) is 29.8 Å². The van der Waals surface area contributed by atoms with E-state index in [-0.39, 0.29) is 6.10 Å². The van der Waals surface area contributed by atoms with Gasteiger partial charge in [0.25, 0.3) is 0 Å². The number of aromatic nitrogens is 2. The highest BCUT2D eigenvalue weighted by Gasteiger charge is 2.27. The third kappa shape index (κ3) is 6.09. The second-order valence-electron chi connectivity index (χ2n) is 7.37. The molecule has 0 radical (unpaired) electrons. The molecule has 6 nitrogen and oxygen atoms in total. The van der Waals surface area contributed by atoms with Crippen molar-refractivity contribution in [2.75, 3.05) is 26.2 Å². The molecule has 0 saturated carbocycles. The molecule has 1 aromatic heterocycles. The van der Waals surface area contributed by atoms with Gasteiger partial charge in [0.05, 0.1) is 6.10 Å². The van der Waals surface area contributed by atoms with Crippen molar-refractivity contribution < 1.29 is 4.74 Å². The number of ether oxygens (including phenoxy) is 1. The molecule has 2 unspecified atom stereocenters. The Labute approximate surface area is 168 Å². The van der Waals surface area contributed by atoms with Crippen LogP contribution in [0.2, 0.25) is 0 Å². The lowest BCUT2D eigenvalue weighted by Crippen LogP contribution is -2.38. The van der Waals surface area contributed by atoms with Crippen molar-refractivity contribution in [3.8, 4) is 0 Å². The summed E-state index contributed by atoms with van der Waals surface area (Å²) in [4.78, 5) is 4.86. The van der Waals surface area contributed by atoms with Crippen molar-refractivity contribution in [2.45, 2.75) is 45.8 Å². The average Bonchev–Trinajstić information content (AvgIpc) is 3.24. The van der Waals surface area contributed by atoms with E-state index in [9.17, 15) is 0 Å². The van der Waals surface area contributed by atoms with E-state index in [1.807, 2.05) is 23.1 Å². The lowest BCUT2D eigenvalue weighted by atomic mass is 9.89. The number of aliphatic imine (C=N–C) groups is 1. The molecule has 0 aliphatic carbocycles. The van der Waals surface area contributed by atoms with Crippen molar-refractivity contribution in [3.05, 3.63) is 53.9 Å². The van der Waals surface area contributed by atoms with Gasteiger partial charge < -0.3 is 15.4 Å². The molecule has 0 amide bonds. The molecule has 1 fully saturated rings. The number of guanidine groups is 1. The smallest absolute Gasteiger partial charge is 0.191 e. The minimum Gasteiger partial charge on any atom is -0.373 e. The zero-order chi connectivity index (χ0) is 19.6. The molecule has 6 heteroatoms. The summed E-state index contributed by atoms with van der Waals surface area (Å²) < 4.78 is 8.08. The van der Waals surface area contributed by atoms with Gasteiger partial charge in [-0.05, 0) is 44.7 Å². The monoisotopic (exact) mass is 383 g/mol. The van der Waals surface area contributed by atoms with Crippen molar-refractivity contribution >= 4 is 5.96 Å². The molecule has 1 aromatic carbocycles. The summed E-state index contributed by atoms with van der Waals surface area (Å²) in [7, 11) is 0. The number of hydrogen-bond acceptors (Lipinski definition) is 3. The molecule has 3 rings (SSSR count). The molecule has 0 spiro atoms. The minimum atomic E-state index is 0.140. The highest BCUT2D eigenvalue weighted by molar-refractivity contribution is 5.79. The minimum absolute atomic E-state index is 0.140. The lowest BCUT2D eigenvalue weighted by molar-refractivity contribution is -0.0250. The van der Waals surface area contributed by atoms with Crippen LogP contribution in [-0.4, -0.2) is 42.0 Å². The highest BCUT2D eigenvalue weighted by atomic mass is 16.5. The van der Waals surface area contributed by atoms with Gasteiger partial charge in [0.2, 0.25) is 0 Å². The maximum absolute atomic E-state index is 6.13. The van der Waals surface area contributed by atoms with Crippen molar-refractivity contribution in [2.24, 2.45) is 10.9 Å². The summed E-state index contributed by atoms with van der Waals surface area (Å²) in [6.45, 7) is 8.46. The normalized spacial score (nSPS) is 20.1. The van der Waals surface area contributed by atoms with Crippen LogP contribution < -0.4 is 10.6 Å². The van der Waals surface area contributed by atoms with E-state index in [0.717, 1.165) is 58.0 Å². The highest BCUT2D eigenvalue weighted by Crippen LogP contribution is 2.33. The lowest BCUT2D eigenvalue weighted by Gasteiger charge is -2.31. The van der Waals surface area contributed by atoms with Crippen LogP contribution in [0.15, 0.2) is 47.7 Å². The second kappa shape index (κ2) is 10.9. The molecule has 2 atom stereocenters. The van der Waals surface area contributed by atoms with Gasteiger partial charge in [-0.25, -0.2) is 0 Å². The topological polar surface area (TPSA) is 63.5 Å². The Morgan fingerprint density at radius 3 is 2.89 bits per heavy atom. The number of benzene rings is 1. The van der Waals surface area contributed by atoms with E-state index in [0.29, 0.717) is 5.92 Å². The van der Waals surface area contributed by atoms with E-state index < -0.39 is 0 Å². The SMILES string of the molecule is CCNC(=NCC1CCCOC1c1ccc(C)cc1)NCCCn1cccn1. The average molecular weight is 384 g/mol.